The van der Waals surface area contributed by atoms with Crippen molar-refractivity contribution < 1.29 is 0 Å². The highest BCUT2D eigenvalue weighted by Gasteiger charge is 2.25. The molecule has 2 aromatic carbocycles. The molecule has 0 radical (unpaired) electrons. The van der Waals surface area contributed by atoms with Crippen molar-refractivity contribution in [3.63, 3.8) is 0 Å². The van der Waals surface area contributed by atoms with Crippen molar-refractivity contribution in [2.75, 3.05) is 0 Å². The van der Waals surface area contributed by atoms with Gasteiger partial charge < -0.3 is 0 Å². The van der Waals surface area contributed by atoms with Gasteiger partial charge in [-0.2, -0.15) is 9.61 Å². The molecule has 1 atom stereocenters. The average Bonchev–Trinajstić information content (AvgIpc) is 3.39. The molecule has 1 unspecified atom stereocenters. The van der Waals surface area contributed by atoms with E-state index in [4.69, 9.17) is 0 Å². The number of aromatic nitrogens is 5. The molecule has 0 saturated heterocycles. The third kappa shape index (κ3) is 2.68. The van der Waals surface area contributed by atoms with Crippen LogP contribution in [0.5, 0.6) is 0 Å². The van der Waals surface area contributed by atoms with Gasteiger partial charge >= 0.3 is 0 Å². The van der Waals surface area contributed by atoms with Crippen LogP contribution in [0.25, 0.3) is 26.6 Å². The van der Waals surface area contributed by atoms with Crippen LogP contribution in [0, 0.1) is 0 Å². The van der Waals surface area contributed by atoms with Gasteiger partial charge in [0.25, 0.3) is 0 Å². The van der Waals surface area contributed by atoms with E-state index in [9.17, 15) is 0 Å². The Morgan fingerprint density at radius 2 is 1.69 bits per heavy atom. The Kier molecular flexibility index (Phi) is 3.64. The summed E-state index contributed by atoms with van der Waals surface area (Å²) in [7, 11) is 0. The first kappa shape index (κ1) is 16.3. The van der Waals surface area contributed by atoms with Crippen molar-refractivity contribution in [1.29, 1.82) is 0 Å². The molecule has 5 nitrogen and oxygen atoms in total. The van der Waals surface area contributed by atoms with Crippen LogP contribution in [0.15, 0.2) is 85.2 Å². The summed E-state index contributed by atoms with van der Waals surface area (Å²) in [6.07, 6.45) is 3.59. The van der Waals surface area contributed by atoms with Crippen molar-refractivity contribution >= 4 is 38.0 Å². The summed E-state index contributed by atoms with van der Waals surface area (Å²) in [5.74, 6) is 0.748. The van der Waals surface area contributed by atoms with Crippen LogP contribution in [-0.2, 0) is 0 Å². The molecule has 0 aliphatic heterocycles. The topological polar surface area (TPSA) is 56.0 Å². The van der Waals surface area contributed by atoms with Gasteiger partial charge in [0.15, 0.2) is 11.5 Å². The molecule has 6 heteroatoms. The van der Waals surface area contributed by atoms with Crippen molar-refractivity contribution in [2.45, 2.75) is 5.92 Å². The van der Waals surface area contributed by atoms with E-state index in [0.29, 0.717) is 0 Å². The Bertz CT molecular complexity index is 1450. The normalized spacial score (nSPS) is 12.7. The number of fused-ring (bicyclic) bond motifs is 3. The molecule has 138 valence electrons. The Morgan fingerprint density at radius 1 is 0.793 bits per heavy atom. The van der Waals surface area contributed by atoms with E-state index < -0.39 is 0 Å². The lowest BCUT2D eigenvalue weighted by atomic mass is 9.95. The summed E-state index contributed by atoms with van der Waals surface area (Å²) < 4.78 is 3.10. The maximum atomic E-state index is 4.54. The largest absolute Gasteiger partial charge is 0.256 e. The fraction of sp³-hybridized carbons (Fsp3) is 0.0435. The second kappa shape index (κ2) is 6.46. The van der Waals surface area contributed by atoms with Gasteiger partial charge in [0.1, 0.15) is 0 Å². The molecule has 0 aliphatic carbocycles. The van der Waals surface area contributed by atoms with Crippen LogP contribution in [0.3, 0.4) is 0 Å². The van der Waals surface area contributed by atoms with Gasteiger partial charge in [-0.3, -0.25) is 4.98 Å². The van der Waals surface area contributed by atoms with Crippen LogP contribution >= 0.6 is 11.3 Å². The summed E-state index contributed by atoms with van der Waals surface area (Å²) in [6, 6.07) is 25.0. The van der Waals surface area contributed by atoms with Crippen LogP contribution in [0.1, 0.15) is 22.2 Å². The molecule has 0 saturated carbocycles. The summed E-state index contributed by atoms with van der Waals surface area (Å²) >= 11 is 1.79. The van der Waals surface area contributed by atoms with Crippen LogP contribution in [0.2, 0.25) is 0 Å². The predicted molar refractivity (Wildman–Crippen MR) is 115 cm³/mol. The molecule has 0 amide bonds. The SMILES string of the molecule is c1cnc2ccc(C(c3cc4ccccc4s3)c3nnc4cccnn34)cc2c1. The molecular formula is C23H15N5S. The summed E-state index contributed by atoms with van der Waals surface area (Å²) in [5.41, 5.74) is 2.88. The highest BCUT2D eigenvalue weighted by molar-refractivity contribution is 7.19. The molecular weight excluding hydrogens is 378 g/mol. The van der Waals surface area contributed by atoms with E-state index in [-0.39, 0.29) is 5.92 Å². The summed E-state index contributed by atoms with van der Waals surface area (Å²) in [6.45, 7) is 0. The van der Waals surface area contributed by atoms with Gasteiger partial charge in [-0.25, -0.2) is 0 Å². The van der Waals surface area contributed by atoms with Gasteiger partial charge in [0.05, 0.1) is 11.4 Å². The molecule has 29 heavy (non-hydrogen) atoms. The van der Waals surface area contributed by atoms with Gasteiger partial charge in [-0.05, 0) is 53.4 Å². The second-order valence-corrected chi connectivity index (χ2v) is 8.04. The minimum Gasteiger partial charge on any atom is -0.256 e. The van der Waals surface area contributed by atoms with Crippen molar-refractivity contribution in [2.24, 2.45) is 0 Å². The number of hydrogen-bond donors (Lipinski definition) is 0. The lowest BCUT2D eigenvalue weighted by Gasteiger charge is -2.14. The highest BCUT2D eigenvalue weighted by atomic mass is 32.1. The standard InChI is InChI=1S/C23H15N5S/c1-2-7-19-16(5-1)14-20(29-19)22(23-27-26-21-8-4-12-25-28(21)23)17-9-10-18-15(13-17)6-3-11-24-18/h1-14,22H. The lowest BCUT2D eigenvalue weighted by Crippen LogP contribution is -2.08. The Morgan fingerprint density at radius 3 is 2.66 bits per heavy atom. The Hall–Kier alpha value is -3.64. The molecule has 6 aromatic rings. The zero-order chi connectivity index (χ0) is 19.2. The molecule has 0 N–H and O–H groups in total. The molecule has 4 heterocycles. The number of pyridine rings is 1. The number of nitrogens with zero attached hydrogens (tertiary/aromatic N) is 5. The van der Waals surface area contributed by atoms with Gasteiger partial charge in [0, 0.05) is 27.4 Å². The first-order valence-corrected chi connectivity index (χ1v) is 10.2. The number of thiophene rings is 1. The van der Waals surface area contributed by atoms with Crippen LogP contribution < -0.4 is 0 Å². The van der Waals surface area contributed by atoms with E-state index in [1.54, 1.807) is 17.5 Å². The molecule has 6 rings (SSSR count). The van der Waals surface area contributed by atoms with Gasteiger partial charge in [-0.15, -0.1) is 21.5 Å². The number of benzene rings is 2. The molecule has 0 aliphatic rings. The van der Waals surface area contributed by atoms with Crippen molar-refractivity contribution in [3.05, 3.63) is 101 Å². The van der Waals surface area contributed by atoms with E-state index in [2.05, 4.69) is 74.9 Å². The van der Waals surface area contributed by atoms with E-state index >= 15 is 0 Å². The molecule has 0 bridgehead atoms. The zero-order valence-corrected chi connectivity index (χ0v) is 16.1. The fourth-order valence-electron chi connectivity index (χ4n) is 3.80. The first-order chi connectivity index (χ1) is 14.4. The molecule has 4 aromatic heterocycles. The van der Waals surface area contributed by atoms with Gasteiger partial charge in [0.2, 0.25) is 0 Å². The minimum atomic E-state index is -0.0677. The third-order valence-corrected chi connectivity index (χ3v) is 6.33. The quantitative estimate of drug-likeness (QED) is 0.421. The Labute approximate surface area is 170 Å². The Balaban J connectivity index is 1.62. The third-order valence-electron chi connectivity index (χ3n) is 5.15. The first-order valence-electron chi connectivity index (χ1n) is 9.36. The monoisotopic (exact) mass is 393 g/mol. The molecule has 0 spiro atoms. The van der Waals surface area contributed by atoms with E-state index in [0.717, 1.165) is 27.9 Å². The van der Waals surface area contributed by atoms with E-state index in [1.165, 1.54) is 15.0 Å². The minimum absolute atomic E-state index is 0.0677. The summed E-state index contributed by atoms with van der Waals surface area (Å²) in [4.78, 5) is 5.68. The van der Waals surface area contributed by atoms with Crippen molar-refractivity contribution in [1.82, 2.24) is 24.8 Å². The zero-order valence-electron chi connectivity index (χ0n) is 15.3. The maximum Gasteiger partial charge on any atom is 0.177 e. The van der Waals surface area contributed by atoms with Crippen LogP contribution in [-0.4, -0.2) is 24.8 Å². The average molecular weight is 393 g/mol. The van der Waals surface area contributed by atoms with Crippen LogP contribution in [0.4, 0.5) is 0 Å². The lowest BCUT2D eigenvalue weighted by molar-refractivity contribution is 0.785. The molecule has 0 fully saturated rings. The number of rotatable bonds is 3. The fourth-order valence-corrected chi connectivity index (χ4v) is 4.99. The van der Waals surface area contributed by atoms with E-state index in [1.807, 2.05) is 28.9 Å². The predicted octanol–water partition coefficient (Wildman–Crippen LogP) is 5.07. The summed E-state index contributed by atoms with van der Waals surface area (Å²) in [5, 5.41) is 15.7. The van der Waals surface area contributed by atoms with Gasteiger partial charge in [-0.1, -0.05) is 30.3 Å². The smallest absolute Gasteiger partial charge is 0.177 e. The highest BCUT2D eigenvalue weighted by Crippen LogP contribution is 2.38. The second-order valence-electron chi connectivity index (χ2n) is 6.93. The maximum absolute atomic E-state index is 4.54. The van der Waals surface area contributed by atoms with Crippen molar-refractivity contribution in [3.8, 4) is 0 Å². The number of hydrogen-bond acceptors (Lipinski definition) is 5.